The van der Waals surface area contributed by atoms with E-state index in [0.717, 1.165) is 42.5 Å². The highest BCUT2D eigenvalue weighted by Gasteiger charge is 2.27. The van der Waals surface area contributed by atoms with E-state index in [0.29, 0.717) is 18.2 Å². The van der Waals surface area contributed by atoms with E-state index < -0.39 is 0 Å². The molecule has 0 radical (unpaired) electrons. The maximum absolute atomic E-state index is 12.9. The fourth-order valence-corrected chi connectivity index (χ4v) is 4.27. The van der Waals surface area contributed by atoms with Crippen LogP contribution in [0.3, 0.4) is 0 Å². The van der Waals surface area contributed by atoms with Crippen molar-refractivity contribution in [2.24, 2.45) is 0 Å². The Morgan fingerprint density at radius 2 is 2.23 bits per heavy atom. The second-order valence-corrected chi connectivity index (χ2v) is 8.07. The van der Waals surface area contributed by atoms with Gasteiger partial charge in [-0.15, -0.1) is 11.8 Å². The minimum Gasteiger partial charge on any atom is -0.489 e. The van der Waals surface area contributed by atoms with Crippen molar-refractivity contribution in [1.82, 2.24) is 10.2 Å². The summed E-state index contributed by atoms with van der Waals surface area (Å²) in [5.74, 6) is 0.707. The number of unbranched alkanes of at least 4 members (excludes halogenated alkanes) is 1. The average Bonchev–Trinajstić information content (AvgIpc) is 3.11. The molecule has 5 nitrogen and oxygen atoms in total. The minimum atomic E-state index is -0.0187. The summed E-state index contributed by atoms with van der Waals surface area (Å²) < 4.78 is 5.87. The topological polar surface area (TPSA) is 44.8 Å². The van der Waals surface area contributed by atoms with Crippen LogP contribution in [-0.2, 0) is 0 Å². The lowest BCUT2D eigenvalue weighted by Crippen LogP contribution is -2.41. The van der Waals surface area contributed by atoms with Crippen LogP contribution in [0.25, 0.3) is 0 Å². The van der Waals surface area contributed by atoms with Gasteiger partial charge in [0.1, 0.15) is 6.61 Å². The molecule has 3 rings (SSSR count). The Morgan fingerprint density at radius 1 is 1.38 bits per heavy atom. The third-order valence-electron chi connectivity index (χ3n) is 5.40. The number of carbonyl (C=O) groups excluding carboxylic acids is 1. The van der Waals surface area contributed by atoms with E-state index in [1.165, 1.54) is 25.7 Å². The first-order chi connectivity index (χ1) is 12.6. The van der Waals surface area contributed by atoms with Crippen LogP contribution in [0.1, 0.15) is 43.0 Å². The molecule has 26 heavy (non-hydrogen) atoms. The second kappa shape index (κ2) is 9.00. The summed E-state index contributed by atoms with van der Waals surface area (Å²) in [7, 11) is 2.05. The Balaban J connectivity index is 1.70. The molecule has 1 fully saturated rings. The molecule has 2 aliphatic rings. The maximum Gasteiger partial charge on any atom is 0.255 e. The van der Waals surface area contributed by atoms with Crippen molar-refractivity contribution in [3.05, 3.63) is 17.7 Å². The van der Waals surface area contributed by atoms with Gasteiger partial charge in [-0.25, -0.2) is 0 Å². The minimum absolute atomic E-state index is 0.0187. The van der Waals surface area contributed by atoms with Crippen molar-refractivity contribution >= 4 is 23.4 Å². The summed E-state index contributed by atoms with van der Waals surface area (Å²) in [4.78, 5) is 18.7. The number of hydrogen-bond donors (Lipinski definition) is 1. The monoisotopic (exact) mass is 377 g/mol. The second-order valence-electron chi connectivity index (χ2n) is 7.19. The van der Waals surface area contributed by atoms with Gasteiger partial charge in [-0.1, -0.05) is 13.3 Å². The van der Waals surface area contributed by atoms with E-state index in [1.54, 1.807) is 11.8 Å². The van der Waals surface area contributed by atoms with E-state index in [9.17, 15) is 4.79 Å². The Labute approximate surface area is 161 Å². The molecule has 1 saturated heterocycles. The van der Waals surface area contributed by atoms with Gasteiger partial charge in [0, 0.05) is 24.5 Å². The summed E-state index contributed by atoms with van der Waals surface area (Å²) in [6.45, 7) is 6.71. The largest absolute Gasteiger partial charge is 0.489 e. The Bertz CT molecular complexity index is 638. The average molecular weight is 378 g/mol. The van der Waals surface area contributed by atoms with Gasteiger partial charge in [-0.2, -0.15) is 0 Å². The van der Waals surface area contributed by atoms with Crippen molar-refractivity contribution in [3.63, 3.8) is 0 Å². The third kappa shape index (κ3) is 4.29. The summed E-state index contributed by atoms with van der Waals surface area (Å²) in [6, 6.07) is 4.54. The van der Waals surface area contributed by atoms with E-state index in [2.05, 4.69) is 35.2 Å². The van der Waals surface area contributed by atoms with Gasteiger partial charge in [0.15, 0.2) is 5.75 Å². The van der Waals surface area contributed by atoms with Crippen LogP contribution < -0.4 is 15.0 Å². The molecule has 1 atom stereocenters. The van der Waals surface area contributed by atoms with Crippen LogP contribution in [0, 0.1) is 0 Å². The molecular weight excluding hydrogens is 346 g/mol. The number of rotatable bonds is 7. The van der Waals surface area contributed by atoms with Gasteiger partial charge < -0.3 is 15.0 Å². The van der Waals surface area contributed by atoms with Gasteiger partial charge in [-0.05, 0) is 50.7 Å². The third-order valence-corrected chi connectivity index (χ3v) is 6.11. The van der Waals surface area contributed by atoms with Gasteiger partial charge in [-0.3, -0.25) is 9.69 Å². The maximum atomic E-state index is 12.9. The van der Waals surface area contributed by atoms with E-state index in [4.69, 9.17) is 4.74 Å². The van der Waals surface area contributed by atoms with E-state index >= 15 is 0 Å². The molecule has 1 aromatic rings. The van der Waals surface area contributed by atoms with Crippen LogP contribution in [0.4, 0.5) is 5.69 Å². The quantitative estimate of drug-likeness (QED) is 0.739. The SMILES string of the molecule is CCCCN1CCC[C@H]1CNC(=O)c1cc(SC)cc2c1OCCN2C. The molecule has 1 N–H and O–H groups in total. The van der Waals surface area contributed by atoms with Crippen molar-refractivity contribution in [2.45, 2.75) is 43.5 Å². The molecule has 0 aliphatic carbocycles. The molecule has 0 spiro atoms. The smallest absolute Gasteiger partial charge is 0.255 e. The number of amides is 1. The lowest BCUT2D eigenvalue weighted by atomic mass is 10.1. The fraction of sp³-hybridized carbons (Fsp3) is 0.650. The van der Waals surface area contributed by atoms with Gasteiger partial charge >= 0.3 is 0 Å². The molecule has 0 bridgehead atoms. The van der Waals surface area contributed by atoms with Crippen LogP contribution >= 0.6 is 11.8 Å². The van der Waals surface area contributed by atoms with E-state index in [1.807, 2.05) is 12.3 Å². The highest BCUT2D eigenvalue weighted by molar-refractivity contribution is 7.98. The summed E-state index contributed by atoms with van der Waals surface area (Å²) in [5.41, 5.74) is 1.68. The molecule has 2 aliphatic heterocycles. The number of carbonyl (C=O) groups is 1. The molecule has 144 valence electrons. The van der Waals surface area contributed by atoms with Crippen molar-refractivity contribution < 1.29 is 9.53 Å². The normalized spacial score (nSPS) is 20.0. The molecule has 0 unspecified atom stereocenters. The zero-order chi connectivity index (χ0) is 18.5. The number of ether oxygens (including phenoxy) is 1. The van der Waals surface area contributed by atoms with Crippen molar-refractivity contribution in [1.29, 1.82) is 0 Å². The predicted molar refractivity (Wildman–Crippen MR) is 109 cm³/mol. The van der Waals surface area contributed by atoms with Crippen molar-refractivity contribution in [3.8, 4) is 5.75 Å². The number of benzene rings is 1. The number of nitrogens with one attached hydrogen (secondary N) is 1. The Hall–Kier alpha value is -1.40. The number of hydrogen-bond acceptors (Lipinski definition) is 5. The first-order valence-corrected chi connectivity index (χ1v) is 10.9. The van der Waals surface area contributed by atoms with Crippen LogP contribution in [0.5, 0.6) is 5.75 Å². The number of likely N-dealkylation sites (tertiary alicyclic amines) is 1. The first-order valence-electron chi connectivity index (χ1n) is 9.72. The first kappa shape index (κ1) is 19.4. The van der Waals surface area contributed by atoms with Crippen LogP contribution in [-0.4, -0.2) is 62.9 Å². The summed E-state index contributed by atoms with van der Waals surface area (Å²) >= 11 is 1.66. The molecule has 1 aromatic carbocycles. The lowest BCUT2D eigenvalue weighted by Gasteiger charge is -2.30. The molecule has 2 heterocycles. The number of thioether (sulfide) groups is 1. The van der Waals surface area contributed by atoms with Gasteiger partial charge in [0.05, 0.1) is 17.8 Å². The zero-order valence-corrected chi connectivity index (χ0v) is 17.0. The van der Waals surface area contributed by atoms with Crippen LogP contribution in [0.15, 0.2) is 17.0 Å². The molecular formula is C20H31N3O2S. The number of fused-ring (bicyclic) bond motifs is 1. The highest BCUT2D eigenvalue weighted by atomic mass is 32.2. The molecule has 0 saturated carbocycles. The van der Waals surface area contributed by atoms with Gasteiger partial charge in [0.2, 0.25) is 0 Å². The Morgan fingerprint density at radius 3 is 3.00 bits per heavy atom. The number of anilines is 1. The highest BCUT2D eigenvalue weighted by Crippen LogP contribution is 2.38. The molecule has 1 amide bonds. The molecule has 6 heteroatoms. The van der Waals surface area contributed by atoms with E-state index in [-0.39, 0.29) is 5.91 Å². The van der Waals surface area contributed by atoms with Crippen molar-refractivity contribution in [2.75, 3.05) is 51.0 Å². The van der Waals surface area contributed by atoms with Gasteiger partial charge in [0.25, 0.3) is 5.91 Å². The molecule has 0 aromatic heterocycles. The Kier molecular flexibility index (Phi) is 6.70. The standard InChI is InChI=1S/C20H31N3O2S/c1-4-5-8-23-9-6-7-15(23)14-21-20(24)17-12-16(26-3)13-18-19(17)25-11-10-22(18)2/h12-13,15H,4-11,14H2,1-3H3,(H,21,24)/t15-/m0/s1. The summed E-state index contributed by atoms with van der Waals surface area (Å²) in [5, 5.41) is 3.18. The lowest BCUT2D eigenvalue weighted by molar-refractivity contribution is 0.0936. The number of nitrogens with zero attached hydrogens (tertiary/aromatic N) is 2. The van der Waals surface area contributed by atoms with Crippen LogP contribution in [0.2, 0.25) is 0 Å². The number of likely N-dealkylation sites (N-methyl/N-ethyl adjacent to an activating group) is 1. The summed E-state index contributed by atoms with van der Waals surface area (Å²) in [6.07, 6.45) is 6.89. The zero-order valence-electron chi connectivity index (χ0n) is 16.2. The predicted octanol–water partition coefficient (Wildman–Crippen LogP) is 3.23. The fourth-order valence-electron chi connectivity index (χ4n) is 3.80.